The maximum absolute atomic E-state index is 12.2. The van der Waals surface area contributed by atoms with Crippen LogP contribution in [0.25, 0.3) is 11.0 Å². The van der Waals surface area contributed by atoms with Crippen LogP contribution in [-0.2, 0) is 0 Å². The highest BCUT2D eigenvalue weighted by atomic mass is 16.2. The first-order valence-electron chi connectivity index (χ1n) is 5.42. The summed E-state index contributed by atoms with van der Waals surface area (Å²) in [5.74, 6) is -0.350. The molecule has 5 nitrogen and oxygen atoms in total. The van der Waals surface area contributed by atoms with E-state index in [1.807, 2.05) is 19.1 Å². The van der Waals surface area contributed by atoms with E-state index in [1.54, 1.807) is 30.4 Å². The lowest BCUT2D eigenvalue weighted by Crippen LogP contribution is -2.13. The second kappa shape index (κ2) is 5.18. The molecule has 5 heteroatoms. The third-order valence-electron chi connectivity index (χ3n) is 2.38. The molecule has 0 atom stereocenters. The fourth-order valence-corrected chi connectivity index (χ4v) is 1.51. The summed E-state index contributed by atoms with van der Waals surface area (Å²) in [4.78, 5) is 15.9. The zero-order valence-corrected chi connectivity index (χ0v) is 9.95. The third-order valence-corrected chi connectivity index (χ3v) is 2.38. The lowest BCUT2D eigenvalue weighted by molar-refractivity contribution is 0.0942. The van der Waals surface area contributed by atoms with Gasteiger partial charge in [-0.2, -0.15) is 4.68 Å². The first-order chi connectivity index (χ1) is 8.77. The molecule has 0 saturated carbocycles. The Labute approximate surface area is 104 Å². The van der Waals surface area contributed by atoms with Crippen molar-refractivity contribution >= 4 is 23.7 Å². The largest absolute Gasteiger partial charge is 0.298 e. The van der Waals surface area contributed by atoms with Gasteiger partial charge in [-0.1, -0.05) is 29.5 Å². The van der Waals surface area contributed by atoms with Crippen LogP contribution in [0.4, 0.5) is 0 Å². The molecular formula is C13H12N4O. The summed E-state index contributed by atoms with van der Waals surface area (Å²) < 4.78 is 1.22. The Morgan fingerprint density at radius 1 is 1.44 bits per heavy atom. The number of aromatic nitrogens is 3. The minimum Gasteiger partial charge on any atom is -0.265 e. The van der Waals surface area contributed by atoms with Gasteiger partial charge in [0, 0.05) is 0 Å². The Bertz CT molecular complexity index is 652. The molecule has 0 unspecified atom stereocenters. The number of hydrogen-bond donors (Lipinski definition) is 0. The normalized spacial score (nSPS) is 12.2. The standard InChI is InChI=1S/C13H12N4O/c1-3-4-7-11(14-2)13(18)17-12-9-6-5-8-10(12)15-16-17/h3-9H,2H2,1H3/b4-3-,11-7-. The van der Waals surface area contributed by atoms with E-state index in [-0.39, 0.29) is 11.6 Å². The minimum absolute atomic E-state index is 0.226. The fourth-order valence-electron chi connectivity index (χ4n) is 1.51. The number of rotatable bonds is 3. The van der Waals surface area contributed by atoms with Crippen molar-refractivity contribution in [3.63, 3.8) is 0 Å². The lowest BCUT2D eigenvalue weighted by Gasteiger charge is -2.00. The molecule has 0 aliphatic rings. The number of allylic oxidation sites excluding steroid dienone is 4. The minimum atomic E-state index is -0.350. The van der Waals surface area contributed by atoms with Gasteiger partial charge in [0.25, 0.3) is 5.91 Å². The Morgan fingerprint density at radius 2 is 2.22 bits per heavy atom. The van der Waals surface area contributed by atoms with Crippen molar-refractivity contribution in [1.29, 1.82) is 0 Å². The van der Waals surface area contributed by atoms with Crippen LogP contribution in [0, 0.1) is 0 Å². The number of aliphatic imine (C=N–C) groups is 1. The van der Waals surface area contributed by atoms with E-state index in [4.69, 9.17) is 0 Å². The first-order valence-corrected chi connectivity index (χ1v) is 5.42. The molecule has 0 saturated heterocycles. The number of carbonyl (C=O) groups is 1. The number of nitrogens with zero attached hydrogens (tertiary/aromatic N) is 4. The first kappa shape index (κ1) is 11.9. The topological polar surface area (TPSA) is 60.1 Å². The van der Waals surface area contributed by atoms with Gasteiger partial charge in [-0.3, -0.25) is 9.79 Å². The van der Waals surface area contributed by atoms with Crippen LogP contribution in [0.5, 0.6) is 0 Å². The average molecular weight is 240 g/mol. The van der Waals surface area contributed by atoms with Crippen molar-refractivity contribution in [2.45, 2.75) is 6.92 Å². The molecule has 0 aliphatic carbocycles. The molecule has 2 aromatic rings. The van der Waals surface area contributed by atoms with Crippen LogP contribution >= 0.6 is 0 Å². The maximum Gasteiger partial charge on any atom is 0.298 e. The highest BCUT2D eigenvalue weighted by Gasteiger charge is 2.14. The predicted octanol–water partition coefficient (Wildman–Crippen LogP) is 2.23. The summed E-state index contributed by atoms with van der Waals surface area (Å²) in [6.45, 7) is 5.24. The van der Waals surface area contributed by atoms with Crippen LogP contribution in [0.2, 0.25) is 0 Å². The Morgan fingerprint density at radius 3 is 2.94 bits per heavy atom. The van der Waals surface area contributed by atoms with Gasteiger partial charge in [0.1, 0.15) is 11.2 Å². The molecule has 2 rings (SSSR count). The van der Waals surface area contributed by atoms with Crippen LogP contribution in [0.1, 0.15) is 11.7 Å². The summed E-state index contributed by atoms with van der Waals surface area (Å²) in [7, 11) is 0. The molecule has 0 N–H and O–H groups in total. The van der Waals surface area contributed by atoms with Crippen LogP contribution in [0.3, 0.4) is 0 Å². The molecule has 1 aromatic carbocycles. The van der Waals surface area contributed by atoms with Gasteiger partial charge >= 0.3 is 0 Å². The molecule has 0 radical (unpaired) electrons. The van der Waals surface area contributed by atoms with Gasteiger partial charge in [-0.25, -0.2) is 0 Å². The van der Waals surface area contributed by atoms with Gasteiger partial charge in [0.05, 0.1) is 5.52 Å². The summed E-state index contributed by atoms with van der Waals surface area (Å²) >= 11 is 0. The predicted molar refractivity (Wildman–Crippen MR) is 70.6 cm³/mol. The highest BCUT2D eigenvalue weighted by Crippen LogP contribution is 2.12. The monoisotopic (exact) mass is 240 g/mol. The van der Waals surface area contributed by atoms with Crippen molar-refractivity contribution in [2.75, 3.05) is 0 Å². The van der Waals surface area contributed by atoms with Crippen molar-refractivity contribution in [3.05, 3.63) is 48.2 Å². The van der Waals surface area contributed by atoms with Gasteiger partial charge in [0.15, 0.2) is 0 Å². The Hall–Kier alpha value is -2.56. The summed E-state index contributed by atoms with van der Waals surface area (Å²) in [6.07, 6.45) is 5.12. The maximum atomic E-state index is 12.2. The van der Waals surface area contributed by atoms with E-state index in [0.717, 1.165) is 0 Å². The van der Waals surface area contributed by atoms with E-state index < -0.39 is 0 Å². The van der Waals surface area contributed by atoms with Crippen LogP contribution in [-0.4, -0.2) is 27.6 Å². The van der Waals surface area contributed by atoms with Crippen molar-refractivity contribution < 1.29 is 4.79 Å². The highest BCUT2D eigenvalue weighted by molar-refractivity contribution is 6.00. The number of carbonyl (C=O) groups excluding carboxylic acids is 1. The third kappa shape index (κ3) is 2.10. The quantitative estimate of drug-likeness (QED) is 0.469. The molecule has 0 fully saturated rings. The Kier molecular flexibility index (Phi) is 3.43. The van der Waals surface area contributed by atoms with E-state index in [0.29, 0.717) is 11.0 Å². The molecule has 0 bridgehead atoms. The fraction of sp³-hybridized carbons (Fsp3) is 0.0769. The van der Waals surface area contributed by atoms with Crippen molar-refractivity contribution in [3.8, 4) is 0 Å². The van der Waals surface area contributed by atoms with E-state index in [1.165, 1.54) is 4.68 Å². The molecule has 1 aromatic heterocycles. The second-order valence-corrected chi connectivity index (χ2v) is 3.53. The van der Waals surface area contributed by atoms with Gasteiger partial charge in [-0.05, 0) is 31.9 Å². The zero-order valence-electron chi connectivity index (χ0n) is 9.95. The average Bonchev–Trinajstić information content (AvgIpc) is 2.83. The Balaban J connectivity index is 2.48. The number of benzene rings is 1. The van der Waals surface area contributed by atoms with E-state index in [2.05, 4.69) is 22.0 Å². The number of para-hydroxylation sites is 1. The van der Waals surface area contributed by atoms with Crippen molar-refractivity contribution in [1.82, 2.24) is 15.0 Å². The molecule has 1 heterocycles. The van der Waals surface area contributed by atoms with Crippen molar-refractivity contribution in [2.24, 2.45) is 4.99 Å². The lowest BCUT2D eigenvalue weighted by atomic mass is 10.3. The number of fused-ring (bicyclic) bond motifs is 1. The number of hydrogen-bond acceptors (Lipinski definition) is 4. The molecule has 0 spiro atoms. The SMILES string of the molecule is C=N/C(=C\C=C/C)C(=O)n1nnc2ccccc21. The molecular weight excluding hydrogens is 228 g/mol. The smallest absolute Gasteiger partial charge is 0.265 e. The second-order valence-electron chi connectivity index (χ2n) is 3.53. The van der Waals surface area contributed by atoms with Gasteiger partial charge in [-0.15, -0.1) is 5.10 Å². The molecule has 18 heavy (non-hydrogen) atoms. The summed E-state index contributed by atoms with van der Waals surface area (Å²) in [5.41, 5.74) is 1.54. The summed E-state index contributed by atoms with van der Waals surface area (Å²) in [5, 5.41) is 7.76. The molecule has 0 amide bonds. The van der Waals surface area contributed by atoms with Crippen LogP contribution < -0.4 is 0 Å². The molecule has 90 valence electrons. The molecule has 0 aliphatic heterocycles. The van der Waals surface area contributed by atoms with Gasteiger partial charge < -0.3 is 0 Å². The summed E-state index contributed by atoms with van der Waals surface area (Å²) in [6, 6.07) is 7.24. The zero-order chi connectivity index (χ0) is 13.0. The van der Waals surface area contributed by atoms with Gasteiger partial charge in [0.2, 0.25) is 0 Å². The van der Waals surface area contributed by atoms with E-state index in [9.17, 15) is 4.79 Å². The van der Waals surface area contributed by atoms with E-state index >= 15 is 0 Å². The van der Waals surface area contributed by atoms with Crippen LogP contribution in [0.15, 0.2) is 53.2 Å².